The fourth-order valence-corrected chi connectivity index (χ4v) is 4.41. The van der Waals surface area contributed by atoms with Crippen LogP contribution in [-0.4, -0.2) is 31.1 Å². The van der Waals surface area contributed by atoms with E-state index in [1.807, 2.05) is 11.3 Å². The predicted octanol–water partition coefficient (Wildman–Crippen LogP) is 5.20. The van der Waals surface area contributed by atoms with Gasteiger partial charge < -0.3 is 10.6 Å². The van der Waals surface area contributed by atoms with Crippen molar-refractivity contribution in [1.82, 2.24) is 10.2 Å². The molecule has 6 heteroatoms. The fraction of sp³-hybridized carbons (Fsp3) is 0.273. The second kappa shape index (κ2) is 11.4. The molecular formula is C22H27Cl2N3S. The molecule has 28 heavy (non-hydrogen) atoms. The first-order valence-corrected chi connectivity index (χ1v) is 10.1. The van der Waals surface area contributed by atoms with Crippen LogP contribution in [0.2, 0.25) is 0 Å². The van der Waals surface area contributed by atoms with Crippen LogP contribution in [0.4, 0.5) is 5.69 Å². The van der Waals surface area contributed by atoms with Crippen LogP contribution in [-0.2, 0) is 6.54 Å². The lowest BCUT2D eigenvalue weighted by molar-refractivity contribution is 0.200. The first-order valence-electron chi connectivity index (χ1n) is 9.26. The van der Waals surface area contributed by atoms with Crippen molar-refractivity contribution in [3.63, 3.8) is 0 Å². The Hall–Kier alpha value is -1.56. The molecule has 150 valence electrons. The lowest BCUT2D eigenvalue weighted by Gasteiger charge is -2.34. The van der Waals surface area contributed by atoms with E-state index in [1.165, 1.54) is 21.7 Å². The SMILES string of the molecule is Cl.Cl.c1ccc(CNc2ccc([C@@H](c3cccs3)N3CCNCC3)cc2)cc1. The van der Waals surface area contributed by atoms with Crippen molar-refractivity contribution in [3.05, 3.63) is 88.1 Å². The molecule has 0 spiro atoms. The van der Waals surface area contributed by atoms with Crippen LogP contribution in [0.15, 0.2) is 72.1 Å². The third-order valence-electron chi connectivity index (χ3n) is 4.90. The standard InChI is InChI=1S/C22H25N3S.2ClH/c1-2-5-18(6-3-1)17-24-20-10-8-19(9-11-20)22(21-7-4-16-26-21)25-14-12-23-13-15-25;;/h1-11,16,22-24H,12-15,17H2;2*1H/t22-;;/m0../s1. The Kier molecular flexibility index (Phi) is 9.29. The van der Waals surface area contributed by atoms with Crippen LogP contribution < -0.4 is 10.6 Å². The van der Waals surface area contributed by atoms with Crippen molar-refractivity contribution >= 4 is 41.8 Å². The second-order valence-corrected chi connectivity index (χ2v) is 7.64. The molecule has 0 aliphatic carbocycles. The molecule has 0 bridgehead atoms. The third kappa shape index (κ3) is 5.72. The van der Waals surface area contributed by atoms with Crippen LogP contribution >= 0.6 is 36.2 Å². The van der Waals surface area contributed by atoms with Crippen molar-refractivity contribution < 1.29 is 0 Å². The number of thiophene rings is 1. The zero-order valence-electron chi connectivity index (χ0n) is 15.7. The van der Waals surface area contributed by atoms with Crippen molar-refractivity contribution in [2.45, 2.75) is 12.6 Å². The highest BCUT2D eigenvalue weighted by molar-refractivity contribution is 7.10. The Balaban J connectivity index is 0.00000140. The van der Waals surface area contributed by atoms with Gasteiger partial charge in [-0.2, -0.15) is 0 Å². The van der Waals surface area contributed by atoms with Crippen LogP contribution in [0.5, 0.6) is 0 Å². The van der Waals surface area contributed by atoms with Crippen LogP contribution in [0.3, 0.4) is 0 Å². The summed E-state index contributed by atoms with van der Waals surface area (Å²) in [5.74, 6) is 0. The normalized spacial score (nSPS) is 15.1. The minimum absolute atomic E-state index is 0. The van der Waals surface area contributed by atoms with Gasteiger partial charge in [0.1, 0.15) is 0 Å². The molecule has 1 saturated heterocycles. The van der Waals surface area contributed by atoms with Gasteiger partial charge >= 0.3 is 0 Å². The summed E-state index contributed by atoms with van der Waals surface area (Å²) in [5, 5.41) is 9.16. The Morgan fingerprint density at radius 1 is 0.893 bits per heavy atom. The summed E-state index contributed by atoms with van der Waals surface area (Å²) < 4.78 is 0. The molecular weight excluding hydrogens is 409 g/mol. The molecule has 1 aliphatic heterocycles. The summed E-state index contributed by atoms with van der Waals surface area (Å²) >= 11 is 1.85. The summed E-state index contributed by atoms with van der Waals surface area (Å²) in [4.78, 5) is 4.02. The zero-order valence-corrected chi connectivity index (χ0v) is 18.2. The molecule has 1 aliphatic rings. The molecule has 0 saturated carbocycles. The largest absolute Gasteiger partial charge is 0.381 e. The minimum atomic E-state index is 0. The molecule has 0 radical (unpaired) electrons. The summed E-state index contributed by atoms with van der Waals surface area (Å²) in [6, 6.07) is 24.3. The van der Waals surface area contributed by atoms with Crippen molar-refractivity contribution in [1.29, 1.82) is 0 Å². The number of hydrogen-bond donors (Lipinski definition) is 2. The maximum absolute atomic E-state index is 3.52. The average molecular weight is 436 g/mol. The number of nitrogens with one attached hydrogen (secondary N) is 2. The van der Waals surface area contributed by atoms with Crippen molar-refractivity contribution in [2.75, 3.05) is 31.5 Å². The van der Waals surface area contributed by atoms with Crippen LogP contribution in [0, 0.1) is 0 Å². The highest BCUT2D eigenvalue weighted by Crippen LogP contribution is 2.32. The van der Waals surface area contributed by atoms with E-state index in [4.69, 9.17) is 0 Å². The van der Waals surface area contributed by atoms with E-state index in [-0.39, 0.29) is 24.8 Å². The van der Waals surface area contributed by atoms with E-state index in [1.54, 1.807) is 0 Å². The lowest BCUT2D eigenvalue weighted by Crippen LogP contribution is -2.45. The molecule has 1 aromatic heterocycles. The number of piperazine rings is 1. The van der Waals surface area contributed by atoms with Crippen molar-refractivity contribution in [3.8, 4) is 0 Å². The van der Waals surface area contributed by atoms with Gasteiger partial charge in [0.25, 0.3) is 0 Å². The average Bonchev–Trinajstić information content (AvgIpc) is 3.23. The topological polar surface area (TPSA) is 27.3 Å². The molecule has 4 rings (SSSR count). The lowest BCUT2D eigenvalue weighted by atomic mass is 10.0. The van der Waals surface area contributed by atoms with Gasteiger partial charge in [-0.3, -0.25) is 4.90 Å². The highest BCUT2D eigenvalue weighted by atomic mass is 35.5. The summed E-state index contributed by atoms with van der Waals surface area (Å²) in [7, 11) is 0. The molecule has 0 unspecified atom stereocenters. The summed E-state index contributed by atoms with van der Waals surface area (Å²) in [6.07, 6.45) is 0. The van der Waals surface area contributed by atoms with Crippen LogP contribution in [0.25, 0.3) is 0 Å². The monoisotopic (exact) mass is 435 g/mol. The molecule has 3 nitrogen and oxygen atoms in total. The summed E-state index contributed by atoms with van der Waals surface area (Å²) in [6.45, 7) is 5.18. The van der Waals surface area contributed by atoms with Gasteiger partial charge in [0.15, 0.2) is 0 Å². The summed E-state index contributed by atoms with van der Waals surface area (Å²) in [5.41, 5.74) is 3.84. The van der Waals surface area contributed by atoms with Gasteiger partial charge in [0.05, 0.1) is 6.04 Å². The third-order valence-corrected chi connectivity index (χ3v) is 5.82. The first-order chi connectivity index (χ1) is 12.9. The van der Waals surface area contributed by atoms with Gasteiger partial charge in [-0.05, 0) is 34.7 Å². The van der Waals surface area contributed by atoms with E-state index >= 15 is 0 Å². The molecule has 0 amide bonds. The maximum atomic E-state index is 3.52. The van der Waals surface area contributed by atoms with Gasteiger partial charge in [0, 0.05) is 43.3 Å². The predicted molar refractivity (Wildman–Crippen MR) is 125 cm³/mol. The van der Waals surface area contributed by atoms with E-state index in [9.17, 15) is 0 Å². The Labute approximate surface area is 184 Å². The van der Waals surface area contributed by atoms with Gasteiger partial charge in [-0.1, -0.05) is 48.5 Å². The quantitative estimate of drug-likeness (QED) is 0.556. The maximum Gasteiger partial charge on any atom is 0.0696 e. The Morgan fingerprint density at radius 3 is 2.25 bits per heavy atom. The van der Waals surface area contributed by atoms with E-state index < -0.39 is 0 Å². The number of hydrogen-bond acceptors (Lipinski definition) is 4. The fourth-order valence-electron chi connectivity index (χ4n) is 3.53. The number of anilines is 1. The number of halogens is 2. The smallest absolute Gasteiger partial charge is 0.0696 e. The number of nitrogens with zero attached hydrogens (tertiary/aromatic N) is 1. The van der Waals surface area contributed by atoms with E-state index in [0.717, 1.165) is 32.7 Å². The van der Waals surface area contributed by atoms with Crippen LogP contribution in [0.1, 0.15) is 22.0 Å². The molecule has 1 atom stereocenters. The minimum Gasteiger partial charge on any atom is -0.381 e. The molecule has 2 N–H and O–H groups in total. The van der Waals surface area contributed by atoms with Gasteiger partial charge in [0.2, 0.25) is 0 Å². The Morgan fingerprint density at radius 2 is 1.61 bits per heavy atom. The number of rotatable bonds is 6. The first kappa shape index (κ1) is 22.7. The highest BCUT2D eigenvalue weighted by Gasteiger charge is 2.24. The number of benzene rings is 2. The Bertz CT molecular complexity index is 788. The van der Waals surface area contributed by atoms with E-state index in [0.29, 0.717) is 6.04 Å². The van der Waals surface area contributed by atoms with E-state index in [2.05, 4.69) is 87.6 Å². The molecule has 3 aromatic rings. The van der Waals surface area contributed by atoms with Gasteiger partial charge in [-0.15, -0.1) is 36.2 Å². The second-order valence-electron chi connectivity index (χ2n) is 6.67. The molecule has 2 heterocycles. The van der Waals surface area contributed by atoms with Gasteiger partial charge in [-0.25, -0.2) is 0 Å². The zero-order chi connectivity index (χ0) is 17.6. The molecule has 2 aromatic carbocycles. The van der Waals surface area contributed by atoms with Crippen molar-refractivity contribution in [2.24, 2.45) is 0 Å². The molecule has 1 fully saturated rings.